The number of nitrogens with zero attached hydrogens (tertiary/aromatic N) is 1. The lowest BCUT2D eigenvalue weighted by molar-refractivity contribution is -0.115. The van der Waals surface area contributed by atoms with Crippen molar-refractivity contribution in [2.24, 2.45) is 4.99 Å². The van der Waals surface area contributed by atoms with Crippen molar-refractivity contribution in [1.82, 2.24) is 5.32 Å². The van der Waals surface area contributed by atoms with E-state index in [1.54, 1.807) is 6.26 Å². The molecule has 2 heterocycles. The highest BCUT2D eigenvalue weighted by molar-refractivity contribution is 9.10. The van der Waals surface area contributed by atoms with Crippen LogP contribution in [0.25, 0.3) is 6.08 Å². The molecular weight excluding hydrogens is 352 g/mol. The number of amidine groups is 1. The van der Waals surface area contributed by atoms with Crippen LogP contribution in [0.5, 0.6) is 0 Å². The summed E-state index contributed by atoms with van der Waals surface area (Å²) in [5.41, 5.74) is 0.975. The smallest absolute Gasteiger partial charge is 0.264 e. The van der Waals surface area contributed by atoms with Gasteiger partial charge < -0.3 is 9.73 Å². The summed E-state index contributed by atoms with van der Waals surface area (Å²) in [5, 5.41) is 3.35. The second kappa shape index (κ2) is 6.32. The third kappa shape index (κ3) is 3.65. The third-order valence-corrected chi connectivity index (χ3v) is 4.25. The van der Waals surface area contributed by atoms with Crippen LogP contribution in [0, 0.1) is 0 Å². The lowest BCUT2D eigenvalue weighted by atomic mass is 10.2. The number of thioether (sulfide) groups is 1. The van der Waals surface area contributed by atoms with Crippen LogP contribution in [0.1, 0.15) is 11.3 Å². The molecule has 0 unspecified atom stereocenters. The fourth-order valence-corrected chi connectivity index (χ4v) is 2.85. The first kappa shape index (κ1) is 14.2. The number of nitrogens with one attached hydrogen (secondary N) is 1. The third-order valence-electron chi connectivity index (χ3n) is 2.78. The van der Waals surface area contributed by atoms with Crippen molar-refractivity contribution in [2.45, 2.75) is 6.54 Å². The monoisotopic (exact) mass is 362 g/mol. The van der Waals surface area contributed by atoms with E-state index in [2.05, 4.69) is 26.2 Å². The summed E-state index contributed by atoms with van der Waals surface area (Å²) in [7, 11) is 0. The molecule has 6 heteroatoms. The number of aliphatic imine (C=N–C) groups is 1. The molecule has 4 nitrogen and oxygen atoms in total. The fraction of sp³-hybridized carbons (Fsp3) is 0.0667. The van der Waals surface area contributed by atoms with Gasteiger partial charge in [-0.3, -0.25) is 9.79 Å². The standard InChI is InChI=1S/C15H11BrN2O2S/c16-11-5-3-10(4-6-11)8-13-14(19)18-15(21-13)17-9-12-2-1-7-20-12/h1-8H,9H2,(H,17,18,19)/b13-8-. The van der Waals surface area contributed by atoms with Gasteiger partial charge in [-0.2, -0.15) is 0 Å². The van der Waals surface area contributed by atoms with Gasteiger partial charge in [-0.15, -0.1) is 0 Å². The van der Waals surface area contributed by atoms with Crippen molar-refractivity contribution in [1.29, 1.82) is 0 Å². The Kier molecular flexibility index (Phi) is 4.26. The molecule has 1 aromatic carbocycles. The van der Waals surface area contributed by atoms with Gasteiger partial charge in [0.1, 0.15) is 5.76 Å². The Morgan fingerprint density at radius 2 is 2.10 bits per heavy atom. The van der Waals surface area contributed by atoms with Crippen LogP contribution in [0.3, 0.4) is 0 Å². The summed E-state index contributed by atoms with van der Waals surface area (Å²) in [5.74, 6) is 0.642. The molecule has 1 saturated heterocycles. The van der Waals surface area contributed by atoms with Crippen molar-refractivity contribution in [3.8, 4) is 0 Å². The molecular formula is C15H11BrN2O2S. The van der Waals surface area contributed by atoms with E-state index in [0.717, 1.165) is 15.8 Å². The van der Waals surface area contributed by atoms with E-state index in [9.17, 15) is 4.79 Å². The van der Waals surface area contributed by atoms with Crippen LogP contribution in [0.2, 0.25) is 0 Å². The first-order valence-corrected chi connectivity index (χ1v) is 7.85. The minimum absolute atomic E-state index is 0.124. The number of amides is 1. The molecule has 2 aromatic rings. The molecule has 106 valence electrons. The predicted octanol–water partition coefficient (Wildman–Crippen LogP) is 3.80. The molecule has 0 radical (unpaired) electrons. The summed E-state index contributed by atoms with van der Waals surface area (Å²) in [6, 6.07) is 11.4. The second-order valence-electron chi connectivity index (χ2n) is 4.32. The minimum Gasteiger partial charge on any atom is -0.467 e. The van der Waals surface area contributed by atoms with E-state index >= 15 is 0 Å². The van der Waals surface area contributed by atoms with E-state index < -0.39 is 0 Å². The first-order chi connectivity index (χ1) is 10.2. The Bertz CT molecular complexity index is 706. The molecule has 1 aliphatic heterocycles. The van der Waals surface area contributed by atoms with E-state index in [1.165, 1.54) is 11.8 Å². The summed E-state index contributed by atoms with van der Waals surface area (Å²) in [6.07, 6.45) is 3.45. The normalized spacial score (nSPS) is 18.4. The average Bonchev–Trinajstić information content (AvgIpc) is 3.10. The number of carbonyl (C=O) groups is 1. The molecule has 1 N–H and O–H groups in total. The van der Waals surface area contributed by atoms with Crippen molar-refractivity contribution >= 4 is 44.8 Å². The number of halogens is 1. The van der Waals surface area contributed by atoms with Crippen LogP contribution in [0.4, 0.5) is 0 Å². The molecule has 1 aliphatic rings. The van der Waals surface area contributed by atoms with Crippen molar-refractivity contribution < 1.29 is 9.21 Å². The van der Waals surface area contributed by atoms with Crippen LogP contribution >= 0.6 is 27.7 Å². The van der Waals surface area contributed by atoms with Gasteiger partial charge in [-0.1, -0.05) is 28.1 Å². The van der Waals surface area contributed by atoms with Gasteiger partial charge in [0, 0.05) is 4.47 Å². The topological polar surface area (TPSA) is 54.6 Å². The Balaban J connectivity index is 1.72. The SMILES string of the molecule is O=C1NC(=NCc2ccco2)S/C1=C\c1ccc(Br)cc1. The highest BCUT2D eigenvalue weighted by atomic mass is 79.9. The number of hydrogen-bond acceptors (Lipinski definition) is 4. The molecule has 0 spiro atoms. The van der Waals surface area contributed by atoms with Crippen molar-refractivity contribution in [3.63, 3.8) is 0 Å². The van der Waals surface area contributed by atoms with Crippen LogP contribution < -0.4 is 5.32 Å². The first-order valence-electron chi connectivity index (χ1n) is 6.24. The molecule has 0 aliphatic carbocycles. The highest BCUT2D eigenvalue weighted by Gasteiger charge is 2.23. The number of rotatable bonds is 3. The van der Waals surface area contributed by atoms with Gasteiger partial charge in [0.2, 0.25) is 0 Å². The quantitative estimate of drug-likeness (QED) is 0.844. The summed E-state index contributed by atoms with van der Waals surface area (Å²) < 4.78 is 6.21. The van der Waals surface area contributed by atoms with Gasteiger partial charge >= 0.3 is 0 Å². The number of furan rings is 1. The van der Waals surface area contributed by atoms with Crippen molar-refractivity contribution in [3.05, 3.63) is 63.4 Å². The molecule has 0 bridgehead atoms. The molecule has 1 aromatic heterocycles. The fourth-order valence-electron chi connectivity index (χ4n) is 1.76. The van der Waals surface area contributed by atoms with Gasteiger partial charge in [-0.05, 0) is 47.7 Å². The number of carbonyl (C=O) groups excluding carboxylic acids is 1. The Morgan fingerprint density at radius 1 is 1.29 bits per heavy atom. The average molecular weight is 363 g/mol. The van der Waals surface area contributed by atoms with Gasteiger partial charge in [0.25, 0.3) is 5.91 Å². The van der Waals surface area contributed by atoms with Gasteiger partial charge in [-0.25, -0.2) is 0 Å². The maximum atomic E-state index is 11.9. The lowest BCUT2D eigenvalue weighted by Gasteiger charge is -1.95. The molecule has 0 atom stereocenters. The molecule has 0 saturated carbocycles. The van der Waals surface area contributed by atoms with E-state index in [4.69, 9.17) is 4.42 Å². The Labute approximate surface area is 134 Å². The molecule has 3 rings (SSSR count). The summed E-state index contributed by atoms with van der Waals surface area (Å²) in [4.78, 5) is 16.9. The Morgan fingerprint density at radius 3 is 2.81 bits per heavy atom. The zero-order valence-electron chi connectivity index (χ0n) is 10.9. The van der Waals surface area contributed by atoms with Crippen LogP contribution in [-0.2, 0) is 11.3 Å². The van der Waals surface area contributed by atoms with Crippen LogP contribution in [0.15, 0.2) is 61.4 Å². The minimum atomic E-state index is -0.124. The Hall–Kier alpha value is -1.79. The van der Waals surface area contributed by atoms with E-state index in [1.807, 2.05) is 42.5 Å². The maximum Gasteiger partial charge on any atom is 0.264 e. The number of hydrogen-bond donors (Lipinski definition) is 1. The summed E-state index contributed by atoms with van der Waals surface area (Å²) in [6.45, 7) is 0.418. The molecule has 1 fully saturated rings. The zero-order valence-corrected chi connectivity index (χ0v) is 13.3. The molecule has 21 heavy (non-hydrogen) atoms. The van der Waals surface area contributed by atoms with E-state index in [-0.39, 0.29) is 5.91 Å². The second-order valence-corrected chi connectivity index (χ2v) is 6.26. The molecule has 1 amide bonds. The number of benzene rings is 1. The zero-order chi connectivity index (χ0) is 14.7. The van der Waals surface area contributed by atoms with Gasteiger partial charge in [0.15, 0.2) is 5.17 Å². The largest absolute Gasteiger partial charge is 0.467 e. The highest BCUT2D eigenvalue weighted by Crippen LogP contribution is 2.26. The van der Waals surface area contributed by atoms with E-state index in [0.29, 0.717) is 16.6 Å². The van der Waals surface area contributed by atoms with Crippen LogP contribution in [-0.4, -0.2) is 11.1 Å². The van der Waals surface area contributed by atoms with Crippen molar-refractivity contribution in [2.75, 3.05) is 0 Å². The summed E-state index contributed by atoms with van der Waals surface area (Å²) >= 11 is 4.72. The van der Waals surface area contributed by atoms with Gasteiger partial charge in [0.05, 0.1) is 17.7 Å². The lowest BCUT2D eigenvalue weighted by Crippen LogP contribution is -2.19. The maximum absolute atomic E-state index is 11.9. The predicted molar refractivity (Wildman–Crippen MR) is 87.7 cm³/mol.